The molecule has 0 radical (unpaired) electrons. The molecule has 1 rings (SSSR count). The maximum absolute atomic E-state index is 14.1. The van der Waals surface area contributed by atoms with Crippen molar-refractivity contribution in [3.05, 3.63) is 35.9 Å². The van der Waals surface area contributed by atoms with Gasteiger partial charge in [0.1, 0.15) is 42.3 Å². The molecule has 7 amide bonds. The van der Waals surface area contributed by atoms with Crippen LogP contribution in [-0.4, -0.2) is 131 Å². The number of aliphatic carboxylic acids is 2. The molecule has 0 bridgehead atoms. The number of amides is 7. The molecular formula is C40H65N11O11S. The number of hydrogen-bond acceptors (Lipinski definition) is 12. The predicted molar refractivity (Wildman–Crippen MR) is 236 cm³/mol. The molecule has 22 nitrogen and oxygen atoms in total. The molecule has 1 aromatic rings. The van der Waals surface area contributed by atoms with Crippen LogP contribution in [0.1, 0.15) is 78.7 Å². The van der Waals surface area contributed by atoms with Crippen molar-refractivity contribution in [1.82, 2.24) is 37.2 Å². The third kappa shape index (κ3) is 21.1. The van der Waals surface area contributed by atoms with Crippen molar-refractivity contribution >= 4 is 71.9 Å². The van der Waals surface area contributed by atoms with Crippen molar-refractivity contribution in [2.24, 2.45) is 34.0 Å². The number of carbonyl (C=O) groups excluding carboxylic acids is 7. The zero-order valence-electron chi connectivity index (χ0n) is 36.3. The van der Waals surface area contributed by atoms with E-state index in [-0.39, 0.29) is 56.3 Å². The van der Waals surface area contributed by atoms with Crippen LogP contribution in [0.15, 0.2) is 35.3 Å². The second-order valence-electron chi connectivity index (χ2n) is 15.4. The summed E-state index contributed by atoms with van der Waals surface area (Å²) < 4.78 is 0. The average molecular weight is 908 g/mol. The fourth-order valence-corrected chi connectivity index (χ4v) is 6.20. The van der Waals surface area contributed by atoms with Gasteiger partial charge in [-0.3, -0.25) is 43.3 Å². The van der Waals surface area contributed by atoms with Crippen molar-refractivity contribution in [3.63, 3.8) is 0 Å². The molecule has 0 spiro atoms. The first kappa shape index (κ1) is 55.0. The molecule has 352 valence electrons. The van der Waals surface area contributed by atoms with E-state index in [4.69, 9.17) is 17.2 Å². The van der Waals surface area contributed by atoms with E-state index in [0.29, 0.717) is 12.0 Å². The number of carbonyl (C=O) groups is 9. The number of carboxylic acid groups (broad SMARTS) is 2. The molecule has 0 aliphatic rings. The van der Waals surface area contributed by atoms with Crippen LogP contribution in [0, 0.1) is 11.8 Å². The van der Waals surface area contributed by atoms with Gasteiger partial charge in [0, 0.05) is 25.1 Å². The van der Waals surface area contributed by atoms with Gasteiger partial charge in [0.05, 0.1) is 6.54 Å². The molecule has 0 aromatic heterocycles. The molecule has 0 aliphatic carbocycles. The molecule has 0 unspecified atom stereocenters. The number of thiol groups is 1. The Hall–Kier alpha value is -5.97. The Morgan fingerprint density at radius 1 is 0.683 bits per heavy atom. The van der Waals surface area contributed by atoms with Crippen LogP contribution in [0.2, 0.25) is 0 Å². The molecule has 1 aromatic carbocycles. The maximum Gasteiger partial charge on any atom is 0.327 e. The first-order valence-electron chi connectivity index (χ1n) is 20.6. The largest absolute Gasteiger partial charge is 0.481 e. The minimum Gasteiger partial charge on any atom is -0.481 e. The zero-order chi connectivity index (χ0) is 47.8. The fraction of sp³-hybridized carbons (Fsp3) is 0.600. The summed E-state index contributed by atoms with van der Waals surface area (Å²) in [6.45, 7) is 7.93. The van der Waals surface area contributed by atoms with Gasteiger partial charge in [0.2, 0.25) is 41.4 Å². The summed E-state index contributed by atoms with van der Waals surface area (Å²) in [7, 11) is 0. The topological polar surface area (TPSA) is 369 Å². The quantitative estimate of drug-likeness (QED) is 0.0173. The molecule has 0 saturated carbocycles. The van der Waals surface area contributed by atoms with E-state index in [1.165, 1.54) is 6.92 Å². The van der Waals surface area contributed by atoms with Gasteiger partial charge in [0.15, 0.2) is 5.96 Å². The SMILES string of the molecule is CC[C@H](C)[C@H](NC(=O)[C@H](CCC(=O)O)NC(=O)CN)C(=O)N[C@@H](CCCN=C(N)N)C(=O)N[C@@H](Cc1ccccc1)C(=O)N[C@@H](C)C(=O)N[C@@H](CC(C)C)C(=O)N[C@@H](CS)C(=O)O. The number of nitrogens with zero attached hydrogens (tertiary/aromatic N) is 1. The van der Waals surface area contributed by atoms with Gasteiger partial charge < -0.3 is 64.6 Å². The first-order chi connectivity index (χ1) is 29.6. The van der Waals surface area contributed by atoms with Crippen molar-refractivity contribution in [1.29, 1.82) is 0 Å². The van der Waals surface area contributed by atoms with Crippen LogP contribution < -0.4 is 54.4 Å². The van der Waals surface area contributed by atoms with E-state index >= 15 is 0 Å². The van der Waals surface area contributed by atoms with Gasteiger partial charge in [0.25, 0.3) is 0 Å². The highest BCUT2D eigenvalue weighted by atomic mass is 32.1. The Kier molecular flexibility index (Phi) is 25.0. The zero-order valence-corrected chi connectivity index (χ0v) is 37.2. The third-order valence-electron chi connectivity index (χ3n) is 9.66. The summed E-state index contributed by atoms with van der Waals surface area (Å²) in [6.07, 6.45) is -0.254. The highest BCUT2D eigenvalue weighted by Gasteiger charge is 2.35. The molecule has 0 saturated heterocycles. The molecular weight excluding hydrogens is 843 g/mol. The Balaban J connectivity index is 3.46. The monoisotopic (exact) mass is 907 g/mol. The lowest BCUT2D eigenvalue weighted by atomic mass is 9.96. The normalized spacial score (nSPS) is 14.7. The number of nitrogens with two attached hydrogens (primary N) is 3. The van der Waals surface area contributed by atoms with Crippen molar-refractivity contribution in [2.45, 2.75) is 122 Å². The molecule has 15 N–H and O–H groups in total. The Bertz CT molecular complexity index is 1750. The van der Waals surface area contributed by atoms with Crippen LogP contribution in [-0.2, 0) is 49.6 Å². The minimum absolute atomic E-state index is 0.0571. The summed E-state index contributed by atoms with van der Waals surface area (Å²) in [5.41, 5.74) is 17.0. The van der Waals surface area contributed by atoms with E-state index in [1.807, 2.05) is 0 Å². The predicted octanol–water partition coefficient (Wildman–Crippen LogP) is -2.37. The van der Waals surface area contributed by atoms with E-state index in [2.05, 4.69) is 54.8 Å². The smallest absolute Gasteiger partial charge is 0.327 e. The molecule has 8 atom stereocenters. The van der Waals surface area contributed by atoms with E-state index in [1.54, 1.807) is 58.0 Å². The van der Waals surface area contributed by atoms with Crippen LogP contribution in [0.4, 0.5) is 0 Å². The Morgan fingerprint density at radius 3 is 1.76 bits per heavy atom. The number of benzene rings is 1. The van der Waals surface area contributed by atoms with Crippen LogP contribution in [0.5, 0.6) is 0 Å². The number of rotatable bonds is 29. The van der Waals surface area contributed by atoms with Crippen LogP contribution in [0.3, 0.4) is 0 Å². The maximum atomic E-state index is 14.1. The summed E-state index contributed by atoms with van der Waals surface area (Å²) >= 11 is 3.97. The molecule has 0 fully saturated rings. The lowest BCUT2D eigenvalue weighted by molar-refractivity contribution is -0.141. The highest BCUT2D eigenvalue weighted by molar-refractivity contribution is 7.80. The van der Waals surface area contributed by atoms with E-state index in [9.17, 15) is 53.4 Å². The summed E-state index contributed by atoms with van der Waals surface area (Å²) in [4.78, 5) is 121. The number of aliphatic imine (C=N–C) groups is 1. The van der Waals surface area contributed by atoms with E-state index in [0.717, 1.165) is 0 Å². The van der Waals surface area contributed by atoms with Crippen LogP contribution >= 0.6 is 12.6 Å². The summed E-state index contributed by atoms with van der Waals surface area (Å²) in [5.74, 6) is -9.16. The molecule has 0 heterocycles. The van der Waals surface area contributed by atoms with Crippen LogP contribution in [0.25, 0.3) is 0 Å². The van der Waals surface area contributed by atoms with E-state index < -0.39 is 114 Å². The lowest BCUT2D eigenvalue weighted by Gasteiger charge is -2.29. The second kappa shape index (κ2) is 28.6. The van der Waals surface area contributed by atoms with Gasteiger partial charge >= 0.3 is 11.9 Å². The molecule has 23 heteroatoms. The molecule has 0 aliphatic heterocycles. The number of carboxylic acids is 2. The van der Waals surface area contributed by atoms with Gasteiger partial charge in [-0.1, -0.05) is 64.4 Å². The number of nitrogens with one attached hydrogen (secondary N) is 7. The van der Waals surface area contributed by atoms with Gasteiger partial charge in [-0.2, -0.15) is 12.6 Å². The van der Waals surface area contributed by atoms with Crippen molar-refractivity contribution in [2.75, 3.05) is 18.8 Å². The molecule has 63 heavy (non-hydrogen) atoms. The Morgan fingerprint density at radius 2 is 1.22 bits per heavy atom. The van der Waals surface area contributed by atoms with Gasteiger partial charge in [-0.25, -0.2) is 4.79 Å². The minimum atomic E-state index is -1.35. The fourth-order valence-electron chi connectivity index (χ4n) is 5.95. The number of hydrogen-bond donors (Lipinski definition) is 13. The van der Waals surface area contributed by atoms with Crippen molar-refractivity contribution < 1.29 is 53.4 Å². The highest BCUT2D eigenvalue weighted by Crippen LogP contribution is 2.13. The third-order valence-corrected chi connectivity index (χ3v) is 10.0. The summed E-state index contributed by atoms with van der Waals surface area (Å²) in [6, 6.07) is -0.451. The van der Waals surface area contributed by atoms with Crippen molar-refractivity contribution in [3.8, 4) is 0 Å². The number of guanidine groups is 1. The average Bonchev–Trinajstić information content (AvgIpc) is 3.22. The Labute approximate surface area is 372 Å². The summed E-state index contributed by atoms with van der Waals surface area (Å²) in [5, 5.41) is 36.3. The standard InChI is InChI=1S/C40H65N11O11S/c1-6-22(4)32(51-35(57)26(14-15-31(53)54)46-30(52)19-41)38(60)47-25(13-10-16-44-40(42)43)34(56)49-28(18-24-11-8-7-9-12-24)36(58)45-23(5)33(55)48-27(17-21(2)3)37(59)50-29(20-63)39(61)62/h7-9,11-12,21-23,25-29,32,63H,6,10,13-20,41H2,1-5H3,(H,45,58)(H,46,52)(H,47,60)(H,48,55)(H,49,56)(H,50,59)(H,51,57)(H,53,54)(H,61,62)(H4,42,43,44)/t22-,23-,25-,26-,27-,28-,29-,32-/m0/s1. The lowest BCUT2D eigenvalue weighted by Crippen LogP contribution is -2.60. The second-order valence-corrected chi connectivity index (χ2v) is 15.8. The first-order valence-corrected chi connectivity index (χ1v) is 21.2. The van der Waals surface area contributed by atoms with Gasteiger partial charge in [-0.05, 0) is 50.0 Å². The van der Waals surface area contributed by atoms with Gasteiger partial charge in [-0.15, -0.1) is 0 Å².